The summed E-state index contributed by atoms with van der Waals surface area (Å²) in [6.45, 7) is 8.68. The number of halogens is 3. The molecule has 2 unspecified atom stereocenters. The van der Waals surface area contributed by atoms with Crippen LogP contribution in [-0.2, 0) is 14.4 Å². The van der Waals surface area contributed by atoms with E-state index in [9.17, 15) is 32.8 Å². The number of nitrogens with zero attached hydrogens (tertiary/aromatic N) is 5. The molecule has 0 radical (unpaired) electrons. The van der Waals surface area contributed by atoms with Crippen molar-refractivity contribution in [3.05, 3.63) is 30.1 Å². The number of pyridine rings is 1. The van der Waals surface area contributed by atoms with Crippen molar-refractivity contribution in [2.45, 2.75) is 58.9 Å². The monoisotopic (exact) mass is 519 g/mol. The molecule has 2 N–H and O–H groups in total. The van der Waals surface area contributed by atoms with Gasteiger partial charge in [0.15, 0.2) is 0 Å². The number of hydrogen-bond donors (Lipinski definition) is 2. The number of nitriles is 1. The van der Waals surface area contributed by atoms with Gasteiger partial charge in [0.2, 0.25) is 11.8 Å². The average molecular weight is 520 g/mol. The topological polar surface area (TPSA) is 132 Å². The van der Waals surface area contributed by atoms with E-state index in [4.69, 9.17) is 0 Å². The van der Waals surface area contributed by atoms with Crippen LogP contribution in [0.4, 0.5) is 13.2 Å². The number of hydrogen-bond acceptors (Lipinski definition) is 6. The highest BCUT2D eigenvalue weighted by atomic mass is 19.4. The molecule has 5 atom stereocenters. The second kappa shape index (κ2) is 8.71. The van der Waals surface area contributed by atoms with E-state index in [0.29, 0.717) is 11.1 Å². The highest BCUT2D eigenvalue weighted by Gasteiger charge is 2.70. The third-order valence-corrected chi connectivity index (χ3v) is 7.48. The predicted octanol–water partition coefficient (Wildman–Crippen LogP) is 1.99. The van der Waals surface area contributed by atoms with Crippen LogP contribution >= 0.6 is 0 Å². The second-order valence-corrected chi connectivity index (χ2v) is 11.3. The van der Waals surface area contributed by atoms with Crippen LogP contribution in [0.25, 0.3) is 5.52 Å². The summed E-state index contributed by atoms with van der Waals surface area (Å²) in [6, 6.07) is 1.78. The van der Waals surface area contributed by atoms with Crippen LogP contribution in [-0.4, -0.2) is 62.3 Å². The number of carbonyl (C=O) groups excluding carboxylic acids is 3. The minimum Gasteiger partial charge on any atom is -0.336 e. The molecule has 0 aromatic carbocycles. The first-order valence-corrected chi connectivity index (χ1v) is 11.8. The molecule has 37 heavy (non-hydrogen) atoms. The maximum atomic E-state index is 13.6. The summed E-state index contributed by atoms with van der Waals surface area (Å²) < 4.78 is 40.4. The van der Waals surface area contributed by atoms with E-state index in [1.807, 2.05) is 25.2 Å². The first-order chi connectivity index (χ1) is 17.1. The van der Waals surface area contributed by atoms with Gasteiger partial charge in [-0.15, -0.1) is 5.10 Å². The molecular formula is C24H28F3N7O3. The fourth-order valence-corrected chi connectivity index (χ4v) is 5.27. The molecule has 198 valence electrons. The number of rotatable bonds is 5. The number of fused-ring (bicyclic) bond motifs is 2. The van der Waals surface area contributed by atoms with Gasteiger partial charge in [0.25, 0.3) is 0 Å². The molecule has 1 aliphatic heterocycles. The van der Waals surface area contributed by atoms with Gasteiger partial charge in [-0.05, 0) is 28.7 Å². The van der Waals surface area contributed by atoms with Crippen LogP contribution in [0.3, 0.4) is 0 Å². The Morgan fingerprint density at radius 3 is 2.46 bits per heavy atom. The average Bonchev–Trinajstić information content (AvgIpc) is 3.21. The molecular weight excluding hydrogens is 491 g/mol. The zero-order valence-electron chi connectivity index (χ0n) is 21.0. The van der Waals surface area contributed by atoms with Crippen LogP contribution in [0.15, 0.2) is 24.5 Å². The molecule has 0 bridgehead atoms. The summed E-state index contributed by atoms with van der Waals surface area (Å²) in [5.41, 5.74) is -0.200. The van der Waals surface area contributed by atoms with Crippen LogP contribution in [0.5, 0.6) is 0 Å². The number of likely N-dealkylation sites (tertiary alicyclic amines) is 1. The largest absolute Gasteiger partial charge is 0.471 e. The smallest absolute Gasteiger partial charge is 0.336 e. The quantitative estimate of drug-likeness (QED) is 0.621. The van der Waals surface area contributed by atoms with E-state index < -0.39 is 47.4 Å². The summed E-state index contributed by atoms with van der Waals surface area (Å²) in [7, 11) is 0. The molecule has 1 saturated heterocycles. The van der Waals surface area contributed by atoms with E-state index in [2.05, 4.69) is 15.6 Å². The van der Waals surface area contributed by atoms with Gasteiger partial charge in [-0.3, -0.25) is 14.4 Å². The van der Waals surface area contributed by atoms with Crippen molar-refractivity contribution in [1.29, 1.82) is 5.26 Å². The van der Waals surface area contributed by atoms with Gasteiger partial charge >= 0.3 is 12.1 Å². The maximum absolute atomic E-state index is 13.6. The number of piperidine rings is 1. The summed E-state index contributed by atoms with van der Waals surface area (Å²) in [6.07, 6.45) is -2.08. The van der Waals surface area contributed by atoms with Crippen molar-refractivity contribution < 1.29 is 27.6 Å². The number of nitrogens with one attached hydrogen (secondary N) is 2. The lowest BCUT2D eigenvalue weighted by atomic mass is 9.85. The third-order valence-electron chi connectivity index (χ3n) is 7.48. The molecule has 2 aromatic heterocycles. The van der Waals surface area contributed by atoms with E-state index in [0.717, 1.165) is 0 Å². The first-order valence-electron chi connectivity index (χ1n) is 11.8. The Bertz CT molecular complexity index is 1290. The molecule has 1 aliphatic carbocycles. The first kappa shape index (κ1) is 26.4. The molecule has 2 aromatic rings. The third kappa shape index (κ3) is 4.72. The van der Waals surface area contributed by atoms with Crippen molar-refractivity contribution in [3.8, 4) is 6.07 Å². The second-order valence-electron chi connectivity index (χ2n) is 11.3. The van der Waals surface area contributed by atoms with Gasteiger partial charge in [0.05, 0.1) is 17.8 Å². The molecule has 13 heteroatoms. The van der Waals surface area contributed by atoms with E-state index in [1.54, 1.807) is 18.3 Å². The molecule has 3 heterocycles. The van der Waals surface area contributed by atoms with Crippen LogP contribution < -0.4 is 10.6 Å². The van der Waals surface area contributed by atoms with Crippen LogP contribution in [0.1, 0.15) is 46.2 Å². The van der Waals surface area contributed by atoms with E-state index >= 15 is 0 Å². The fraction of sp³-hybridized carbons (Fsp3) is 0.583. The van der Waals surface area contributed by atoms with Crippen molar-refractivity contribution in [1.82, 2.24) is 30.4 Å². The van der Waals surface area contributed by atoms with Gasteiger partial charge in [0, 0.05) is 18.3 Å². The van der Waals surface area contributed by atoms with Crippen molar-refractivity contribution in [2.75, 3.05) is 6.54 Å². The Morgan fingerprint density at radius 1 is 1.19 bits per heavy atom. The van der Waals surface area contributed by atoms with Crippen molar-refractivity contribution >= 4 is 23.2 Å². The minimum atomic E-state index is -5.17. The molecule has 4 rings (SSSR count). The molecule has 2 aliphatic rings. The maximum Gasteiger partial charge on any atom is 0.471 e. The summed E-state index contributed by atoms with van der Waals surface area (Å²) >= 11 is 0. The Morgan fingerprint density at radius 2 is 1.86 bits per heavy atom. The molecule has 2 fully saturated rings. The SMILES string of the molecule is CC(C)(C)C(NC(=O)C(F)(F)F)C(=O)N1C[C@H]2[C@@H]([C@H]1C(=O)NC(C#N)c1ccc3cnnn3c1)C2(C)C. The Hall–Kier alpha value is -3.69. The van der Waals surface area contributed by atoms with Gasteiger partial charge in [-0.2, -0.15) is 18.4 Å². The standard InChI is InChI=1S/C24H28F3N7O3/c1-22(2,3)18(31-21(37)24(25,26)27)20(36)33-11-14-16(23(14,4)5)17(33)19(35)30-15(8-28)12-6-7-13-9-29-32-34(13)10-12/h6-7,9-10,14-18H,11H2,1-5H3,(H,30,35)(H,31,37)/t14-,15?,16-,17-,18?/m0/s1. The molecule has 3 amide bonds. The summed E-state index contributed by atoms with van der Waals surface area (Å²) in [5, 5.41) is 21.9. The zero-order chi connectivity index (χ0) is 27.5. The predicted molar refractivity (Wildman–Crippen MR) is 123 cm³/mol. The lowest BCUT2D eigenvalue weighted by Gasteiger charge is -2.37. The Labute approximate surface area is 211 Å². The molecule has 0 spiro atoms. The number of alkyl halides is 3. The van der Waals surface area contributed by atoms with Crippen molar-refractivity contribution in [3.63, 3.8) is 0 Å². The summed E-state index contributed by atoms with van der Waals surface area (Å²) in [4.78, 5) is 40.1. The highest BCUT2D eigenvalue weighted by molar-refractivity contribution is 5.95. The van der Waals surface area contributed by atoms with E-state index in [-0.39, 0.29) is 23.8 Å². The van der Waals surface area contributed by atoms with Gasteiger partial charge in [-0.25, -0.2) is 4.52 Å². The molecule has 1 saturated carbocycles. The van der Waals surface area contributed by atoms with Gasteiger partial charge in [0.1, 0.15) is 18.1 Å². The lowest BCUT2D eigenvalue weighted by Crippen LogP contribution is -2.60. The number of carbonyl (C=O) groups is 3. The van der Waals surface area contributed by atoms with Crippen LogP contribution in [0.2, 0.25) is 0 Å². The number of aromatic nitrogens is 3. The fourth-order valence-electron chi connectivity index (χ4n) is 5.27. The Balaban J connectivity index is 1.60. The number of amides is 3. The van der Waals surface area contributed by atoms with Gasteiger partial charge in [-0.1, -0.05) is 45.9 Å². The normalized spacial score (nSPS) is 24.1. The minimum absolute atomic E-state index is 0.0434. The van der Waals surface area contributed by atoms with Gasteiger partial charge < -0.3 is 15.5 Å². The lowest BCUT2D eigenvalue weighted by molar-refractivity contribution is -0.176. The highest BCUT2D eigenvalue weighted by Crippen LogP contribution is 2.65. The molecule has 10 nitrogen and oxygen atoms in total. The van der Waals surface area contributed by atoms with Crippen LogP contribution in [0, 0.1) is 34.0 Å². The zero-order valence-corrected chi connectivity index (χ0v) is 21.0. The summed E-state index contributed by atoms with van der Waals surface area (Å²) in [5.74, 6) is -3.87. The van der Waals surface area contributed by atoms with E-state index in [1.165, 1.54) is 36.4 Å². The Kier molecular flexibility index (Phi) is 6.21. The van der Waals surface area contributed by atoms with Crippen molar-refractivity contribution in [2.24, 2.45) is 22.7 Å².